The normalized spacial score (nSPS) is 16.8. The van der Waals surface area contributed by atoms with E-state index in [1.807, 2.05) is 78.9 Å². The molecule has 1 N–H and O–H groups in total. The molecule has 4 heteroatoms. The van der Waals surface area contributed by atoms with Crippen molar-refractivity contribution < 1.29 is 14.3 Å². The lowest BCUT2D eigenvalue weighted by atomic mass is 9.83. The van der Waals surface area contributed by atoms with Gasteiger partial charge >= 0.3 is 5.97 Å². The summed E-state index contributed by atoms with van der Waals surface area (Å²) in [4.78, 5) is 26.3. The Hall–Kier alpha value is -4.10. The molecule has 1 aliphatic rings. The molecule has 0 saturated heterocycles. The molecule has 2 atom stereocenters. The second-order valence-electron chi connectivity index (χ2n) is 7.38. The number of carbonyl (C=O) groups excluding carboxylic acids is 2. The zero-order valence-corrected chi connectivity index (χ0v) is 17.7. The first kappa shape index (κ1) is 21.1. The molecule has 0 fully saturated rings. The number of ether oxygens (including phenoxy) is 1. The minimum atomic E-state index is -0.654. The van der Waals surface area contributed by atoms with Crippen molar-refractivity contribution in [3.05, 3.63) is 119 Å². The lowest BCUT2D eigenvalue weighted by molar-refractivity contribution is -0.145. The van der Waals surface area contributed by atoms with Crippen LogP contribution in [0, 0.1) is 11.8 Å². The first-order valence-electron chi connectivity index (χ1n) is 10.6. The Bertz CT molecular complexity index is 1200. The Labute approximate surface area is 187 Å². The van der Waals surface area contributed by atoms with Crippen molar-refractivity contribution >= 4 is 11.8 Å². The molecule has 32 heavy (non-hydrogen) atoms. The number of hydrogen-bond donors (Lipinski definition) is 1. The summed E-state index contributed by atoms with van der Waals surface area (Å²) in [6, 6.07) is 25.8. The quantitative estimate of drug-likeness (QED) is 0.375. The van der Waals surface area contributed by atoms with Crippen LogP contribution >= 0.6 is 0 Å². The molecule has 3 aromatic rings. The fraction of sp³-hybridized carbons (Fsp3) is 0.143. The van der Waals surface area contributed by atoms with Gasteiger partial charge in [-0.1, -0.05) is 72.5 Å². The third kappa shape index (κ3) is 4.48. The molecular weight excluding hydrogens is 398 g/mol. The van der Waals surface area contributed by atoms with Crippen molar-refractivity contribution in [3.63, 3.8) is 0 Å². The summed E-state index contributed by atoms with van der Waals surface area (Å²) in [5, 5.41) is 3.07. The maximum Gasteiger partial charge on any atom is 0.329 e. The van der Waals surface area contributed by atoms with E-state index in [0.717, 1.165) is 11.1 Å². The van der Waals surface area contributed by atoms with Crippen LogP contribution in [-0.4, -0.2) is 24.4 Å². The summed E-state index contributed by atoms with van der Waals surface area (Å²) < 4.78 is 5.25. The van der Waals surface area contributed by atoms with Crippen LogP contribution in [0.4, 0.5) is 0 Å². The first-order chi connectivity index (χ1) is 15.7. The van der Waals surface area contributed by atoms with Gasteiger partial charge in [-0.2, -0.15) is 0 Å². The van der Waals surface area contributed by atoms with Gasteiger partial charge in [0.05, 0.1) is 6.61 Å². The highest BCUT2D eigenvalue weighted by Crippen LogP contribution is 2.35. The number of carbonyl (C=O) groups is 2. The average molecular weight is 421 g/mol. The van der Waals surface area contributed by atoms with Crippen LogP contribution in [0.25, 0.3) is 0 Å². The van der Waals surface area contributed by atoms with E-state index in [0.29, 0.717) is 16.7 Å². The Morgan fingerprint density at radius 2 is 1.53 bits per heavy atom. The van der Waals surface area contributed by atoms with Gasteiger partial charge in [-0.3, -0.25) is 4.79 Å². The number of ketones is 1. The molecule has 0 spiro atoms. The summed E-state index contributed by atoms with van der Waals surface area (Å²) in [7, 11) is 0. The molecule has 2 unspecified atom stereocenters. The van der Waals surface area contributed by atoms with Crippen LogP contribution < -0.4 is 5.32 Å². The van der Waals surface area contributed by atoms with Gasteiger partial charge in [0.15, 0.2) is 5.78 Å². The molecule has 4 nitrogen and oxygen atoms in total. The second-order valence-corrected chi connectivity index (χ2v) is 7.38. The van der Waals surface area contributed by atoms with E-state index >= 15 is 0 Å². The molecule has 1 aliphatic heterocycles. The number of nitrogens with one attached hydrogen (secondary N) is 1. The lowest BCUT2D eigenvalue weighted by Crippen LogP contribution is -2.37. The zero-order valence-electron chi connectivity index (χ0n) is 17.7. The number of hydrogen-bond acceptors (Lipinski definition) is 4. The average Bonchev–Trinajstić information content (AvgIpc) is 3.29. The Kier molecular flexibility index (Phi) is 6.48. The van der Waals surface area contributed by atoms with Crippen LogP contribution in [0.5, 0.6) is 0 Å². The van der Waals surface area contributed by atoms with E-state index in [1.165, 1.54) is 0 Å². The van der Waals surface area contributed by atoms with E-state index in [4.69, 9.17) is 4.74 Å². The maximum absolute atomic E-state index is 13.7. The minimum Gasteiger partial charge on any atom is -0.464 e. The summed E-state index contributed by atoms with van der Waals surface area (Å²) >= 11 is 0. The summed E-state index contributed by atoms with van der Waals surface area (Å²) in [5.41, 5.74) is 3.43. The van der Waals surface area contributed by atoms with Crippen LogP contribution in [0.3, 0.4) is 0 Å². The molecule has 0 bridgehead atoms. The molecule has 0 aromatic heterocycles. The largest absolute Gasteiger partial charge is 0.464 e. The Morgan fingerprint density at radius 3 is 2.25 bits per heavy atom. The van der Waals surface area contributed by atoms with Crippen molar-refractivity contribution in [1.29, 1.82) is 0 Å². The van der Waals surface area contributed by atoms with E-state index in [1.54, 1.807) is 19.2 Å². The van der Waals surface area contributed by atoms with Crippen molar-refractivity contribution in [2.24, 2.45) is 0 Å². The second kappa shape index (κ2) is 9.80. The molecule has 158 valence electrons. The standard InChI is InChI=1S/C28H23NO3/c1-2-32-28(31)26-25(22-14-7-4-8-15-22)24(19-29-26)27(30)23-16-10-9-13-21(23)18-17-20-11-5-3-6-12-20/h3-16,19,25-26,29H,2H2,1H3. The molecule has 0 saturated carbocycles. The van der Waals surface area contributed by atoms with Crippen LogP contribution in [0.15, 0.2) is 96.7 Å². The minimum absolute atomic E-state index is 0.156. The van der Waals surface area contributed by atoms with Gasteiger partial charge in [0.2, 0.25) is 0 Å². The molecule has 1 heterocycles. The third-order valence-corrected chi connectivity index (χ3v) is 5.34. The third-order valence-electron chi connectivity index (χ3n) is 5.34. The molecule has 0 radical (unpaired) electrons. The number of esters is 1. The van der Waals surface area contributed by atoms with E-state index in [2.05, 4.69) is 17.2 Å². The first-order valence-corrected chi connectivity index (χ1v) is 10.6. The van der Waals surface area contributed by atoms with Gasteiger partial charge in [-0.15, -0.1) is 0 Å². The summed E-state index contributed by atoms with van der Waals surface area (Å²) in [5.74, 6) is 5.27. The molecule has 0 aliphatic carbocycles. The predicted molar refractivity (Wildman–Crippen MR) is 124 cm³/mol. The number of rotatable bonds is 5. The molecule has 3 aromatic carbocycles. The predicted octanol–water partition coefficient (Wildman–Crippen LogP) is 4.47. The van der Waals surface area contributed by atoms with Crippen molar-refractivity contribution in [1.82, 2.24) is 5.32 Å². The van der Waals surface area contributed by atoms with Crippen molar-refractivity contribution in [2.75, 3.05) is 6.61 Å². The highest BCUT2D eigenvalue weighted by atomic mass is 16.5. The lowest BCUT2D eigenvalue weighted by Gasteiger charge is -2.21. The van der Waals surface area contributed by atoms with Crippen LogP contribution in [0.2, 0.25) is 0 Å². The summed E-state index contributed by atoms with van der Waals surface area (Å²) in [6.45, 7) is 2.05. The number of benzene rings is 3. The van der Waals surface area contributed by atoms with Crippen LogP contribution in [0.1, 0.15) is 39.9 Å². The Morgan fingerprint density at radius 1 is 0.875 bits per heavy atom. The highest BCUT2D eigenvalue weighted by Gasteiger charge is 2.40. The zero-order chi connectivity index (χ0) is 22.3. The van der Waals surface area contributed by atoms with Crippen LogP contribution in [-0.2, 0) is 9.53 Å². The maximum atomic E-state index is 13.7. The highest BCUT2D eigenvalue weighted by molar-refractivity contribution is 6.12. The van der Waals surface area contributed by atoms with E-state index in [9.17, 15) is 9.59 Å². The van der Waals surface area contributed by atoms with Gasteiger partial charge in [0, 0.05) is 34.4 Å². The van der Waals surface area contributed by atoms with Gasteiger partial charge in [-0.05, 0) is 36.8 Å². The van der Waals surface area contributed by atoms with E-state index < -0.39 is 12.0 Å². The molecule has 4 rings (SSSR count). The fourth-order valence-electron chi connectivity index (χ4n) is 3.83. The van der Waals surface area contributed by atoms with Crippen molar-refractivity contribution in [3.8, 4) is 11.8 Å². The molecular formula is C28H23NO3. The topological polar surface area (TPSA) is 55.4 Å². The fourth-order valence-corrected chi connectivity index (χ4v) is 3.83. The Balaban J connectivity index is 1.70. The van der Waals surface area contributed by atoms with Gasteiger partial charge in [-0.25, -0.2) is 4.79 Å². The smallest absolute Gasteiger partial charge is 0.329 e. The molecule has 0 amide bonds. The van der Waals surface area contributed by atoms with Crippen molar-refractivity contribution in [2.45, 2.75) is 18.9 Å². The number of Topliss-reactive ketones (excluding diaryl/α,β-unsaturated/α-hetero) is 1. The van der Waals surface area contributed by atoms with Gasteiger partial charge < -0.3 is 10.1 Å². The monoisotopic (exact) mass is 421 g/mol. The van der Waals surface area contributed by atoms with E-state index in [-0.39, 0.29) is 18.4 Å². The van der Waals surface area contributed by atoms with Gasteiger partial charge in [0.1, 0.15) is 6.04 Å². The van der Waals surface area contributed by atoms with Gasteiger partial charge in [0.25, 0.3) is 0 Å². The summed E-state index contributed by atoms with van der Waals surface area (Å²) in [6.07, 6.45) is 1.64. The SMILES string of the molecule is CCOC(=O)C1NC=C(C(=O)c2ccccc2C#Cc2ccccc2)C1c1ccccc1.